The number of phosphoric ester groups is 2. The third-order valence-corrected chi connectivity index (χ3v) is 18.9. The van der Waals surface area contributed by atoms with Gasteiger partial charge in [0, 0.05) is 25.7 Å². The van der Waals surface area contributed by atoms with Crippen LogP contribution >= 0.6 is 15.6 Å². The lowest BCUT2D eigenvalue weighted by Crippen LogP contribution is -2.30. The summed E-state index contributed by atoms with van der Waals surface area (Å²) in [4.78, 5) is 73.2. The van der Waals surface area contributed by atoms with Crippen LogP contribution in [0.15, 0.2) is 158 Å². The van der Waals surface area contributed by atoms with Crippen LogP contribution in [0.1, 0.15) is 323 Å². The molecule has 0 aliphatic rings. The zero-order chi connectivity index (χ0) is 78.9. The normalized spacial score (nSPS) is 14.6. The van der Waals surface area contributed by atoms with Crippen LogP contribution in [0.3, 0.4) is 0 Å². The van der Waals surface area contributed by atoms with E-state index in [4.69, 9.17) is 37.0 Å². The van der Waals surface area contributed by atoms with Gasteiger partial charge < -0.3 is 33.8 Å². The smallest absolute Gasteiger partial charge is 0.462 e. The zero-order valence-corrected chi connectivity index (χ0v) is 69.3. The first-order valence-corrected chi connectivity index (χ1v) is 44.7. The van der Waals surface area contributed by atoms with Crippen molar-refractivity contribution in [3.63, 3.8) is 0 Å². The van der Waals surface area contributed by atoms with Crippen molar-refractivity contribution < 1.29 is 80.2 Å². The molecular weight excluding hydrogens is 1400 g/mol. The maximum absolute atomic E-state index is 13.1. The fourth-order valence-corrected chi connectivity index (χ4v) is 12.2. The standard InChI is InChI=1S/C89H148O17P2/c1-5-9-13-17-21-25-29-33-36-39-41-44-46-50-53-57-61-65-69-73-86(91)99-79-84(105-88(93)75-71-67-63-59-55-49-32-28-24-20-16-12-8-4)81-103-107(95,96)101-77-83(90)78-102-108(97,98)104-82-85(106-89(94)76-72-68-64-60-56-52-48-43-38-35-31-27-23-19-15-11-7-3)80-100-87(92)74-70-66-62-58-54-51-47-45-42-40-37-34-30-26-22-18-14-10-6-2/h10-11,14-15,21-23,25-28,32-38,41-42,44-45,48,52,60,64,83-85,90H,5-9,12-13,16-20,24,29-31,39-40,43,46-47,49-51,53-59,61-63,65-82H2,1-4H3,(H,95,96)(H,97,98)/b14-10-,15-11-,25-21-,26-22-,27-23-,32-28-,36-33-,37-34-,38-35-,44-41-,45-42-,52-48-,64-60-. The molecule has 0 aliphatic heterocycles. The van der Waals surface area contributed by atoms with Gasteiger partial charge in [-0.15, -0.1) is 0 Å². The number of aliphatic hydroxyl groups is 1. The maximum atomic E-state index is 13.1. The number of hydrogen-bond acceptors (Lipinski definition) is 15. The largest absolute Gasteiger partial charge is 0.472 e. The molecule has 0 amide bonds. The van der Waals surface area contributed by atoms with Crippen molar-refractivity contribution in [1.82, 2.24) is 0 Å². The minimum absolute atomic E-state index is 0.00798. The molecule has 0 aromatic rings. The van der Waals surface area contributed by atoms with E-state index in [9.17, 15) is 43.2 Å². The molecule has 0 radical (unpaired) electrons. The molecule has 0 fully saturated rings. The minimum atomic E-state index is -5.01. The van der Waals surface area contributed by atoms with Crippen molar-refractivity contribution >= 4 is 39.5 Å². The third-order valence-electron chi connectivity index (χ3n) is 17.0. The van der Waals surface area contributed by atoms with Crippen LogP contribution in [-0.2, 0) is 65.4 Å². The SMILES string of the molecule is CC/C=C\C/C=C\C/C=C\C/C=C\C/C=C\CCCC(=O)OC(COC(=O)CCCCCCCC/C=C\C/C=C\C/C=C\C/C=C\CC)COP(=O)(O)OCC(O)COP(=O)(O)OCC(COC(=O)CCCCCCCC/C=C\C/C=C\C/C=C\CCCCC)OC(=O)CCCCCCC/C=C\CCCCCC. The van der Waals surface area contributed by atoms with Crippen molar-refractivity contribution in [1.29, 1.82) is 0 Å². The first-order valence-electron chi connectivity index (χ1n) is 41.7. The Balaban J connectivity index is 5.44. The van der Waals surface area contributed by atoms with Gasteiger partial charge in [-0.3, -0.25) is 37.3 Å². The summed E-state index contributed by atoms with van der Waals surface area (Å²) < 4.78 is 68.7. The molecule has 0 heterocycles. The maximum Gasteiger partial charge on any atom is 0.472 e. The molecule has 0 bridgehead atoms. The Hall–Kier alpha value is -5.32. The number of rotatable bonds is 77. The summed E-state index contributed by atoms with van der Waals surface area (Å²) in [5, 5.41) is 10.7. The number of unbranched alkanes of at least 4 members (excludes halogenated alkanes) is 25. The van der Waals surface area contributed by atoms with Gasteiger partial charge in [0.2, 0.25) is 0 Å². The second-order valence-corrected chi connectivity index (χ2v) is 30.2. The summed E-state index contributed by atoms with van der Waals surface area (Å²) in [6, 6.07) is 0. The number of hydrogen-bond donors (Lipinski definition) is 3. The molecule has 3 N–H and O–H groups in total. The van der Waals surface area contributed by atoms with E-state index < -0.39 is 97.5 Å². The van der Waals surface area contributed by atoms with Gasteiger partial charge in [-0.1, -0.05) is 288 Å². The van der Waals surface area contributed by atoms with Crippen molar-refractivity contribution in [3.8, 4) is 0 Å². The number of ether oxygens (including phenoxy) is 4. The number of allylic oxidation sites excluding steroid dienone is 26. The summed E-state index contributed by atoms with van der Waals surface area (Å²) in [7, 11) is -10.0. The Bertz CT molecular complexity index is 2660. The molecular formula is C89H148O17P2. The highest BCUT2D eigenvalue weighted by Crippen LogP contribution is 2.45. The Morgan fingerprint density at radius 3 is 0.806 bits per heavy atom. The van der Waals surface area contributed by atoms with E-state index in [1.807, 2.05) is 12.2 Å². The van der Waals surface area contributed by atoms with E-state index >= 15 is 0 Å². The number of carbonyl (C=O) groups excluding carboxylic acids is 4. The minimum Gasteiger partial charge on any atom is -0.462 e. The van der Waals surface area contributed by atoms with E-state index in [1.54, 1.807) is 0 Å². The lowest BCUT2D eigenvalue weighted by molar-refractivity contribution is -0.161. The van der Waals surface area contributed by atoms with Gasteiger partial charge in [0.25, 0.3) is 0 Å². The molecule has 0 aromatic heterocycles. The van der Waals surface area contributed by atoms with Crippen LogP contribution < -0.4 is 0 Å². The molecule has 108 heavy (non-hydrogen) atoms. The highest BCUT2D eigenvalue weighted by Gasteiger charge is 2.30. The molecule has 0 aliphatic carbocycles. The summed E-state index contributed by atoms with van der Waals surface area (Å²) in [6.45, 7) is 4.51. The van der Waals surface area contributed by atoms with Gasteiger partial charge in [-0.2, -0.15) is 0 Å². The predicted octanol–water partition coefficient (Wildman–Crippen LogP) is 24.8. The van der Waals surface area contributed by atoms with E-state index in [0.29, 0.717) is 32.1 Å². The number of phosphoric acid groups is 2. The fourth-order valence-electron chi connectivity index (χ4n) is 10.7. The molecule has 17 nitrogen and oxygen atoms in total. The lowest BCUT2D eigenvalue weighted by Gasteiger charge is -2.21. The second kappa shape index (κ2) is 79.8. The molecule has 0 saturated carbocycles. The van der Waals surface area contributed by atoms with Crippen LogP contribution in [0.2, 0.25) is 0 Å². The summed E-state index contributed by atoms with van der Waals surface area (Å²) in [5.74, 6) is -2.28. The first kappa shape index (κ1) is 103. The van der Waals surface area contributed by atoms with Crippen molar-refractivity contribution in [2.24, 2.45) is 0 Å². The van der Waals surface area contributed by atoms with Gasteiger partial charge in [-0.25, -0.2) is 9.13 Å². The van der Waals surface area contributed by atoms with Crippen LogP contribution in [0.5, 0.6) is 0 Å². The van der Waals surface area contributed by atoms with Gasteiger partial charge in [0.1, 0.15) is 19.3 Å². The monoisotopic (exact) mass is 1550 g/mol. The summed E-state index contributed by atoms with van der Waals surface area (Å²) in [6.07, 6.45) is 93.6. The Morgan fingerprint density at radius 1 is 0.269 bits per heavy atom. The molecule has 616 valence electrons. The highest BCUT2D eigenvalue weighted by atomic mass is 31.2. The van der Waals surface area contributed by atoms with Crippen molar-refractivity contribution in [2.45, 2.75) is 341 Å². The number of aliphatic hydroxyl groups excluding tert-OH is 1. The molecule has 5 atom stereocenters. The molecule has 0 rings (SSSR count). The van der Waals surface area contributed by atoms with Crippen LogP contribution in [0.4, 0.5) is 0 Å². The molecule has 5 unspecified atom stereocenters. The van der Waals surface area contributed by atoms with Crippen molar-refractivity contribution in [2.75, 3.05) is 39.6 Å². The van der Waals surface area contributed by atoms with Gasteiger partial charge in [-0.05, 0) is 167 Å². The number of carbonyl (C=O) groups is 4. The van der Waals surface area contributed by atoms with E-state index in [2.05, 4.69) is 174 Å². The molecule has 0 spiro atoms. The Labute approximate surface area is 655 Å². The predicted molar refractivity (Wildman–Crippen MR) is 445 cm³/mol. The highest BCUT2D eigenvalue weighted by molar-refractivity contribution is 7.47. The number of esters is 4. The fraction of sp³-hybridized carbons (Fsp3) is 0.663. The summed E-state index contributed by atoms with van der Waals surface area (Å²) in [5.41, 5.74) is 0. The van der Waals surface area contributed by atoms with Crippen molar-refractivity contribution in [3.05, 3.63) is 158 Å². The van der Waals surface area contributed by atoms with Gasteiger partial charge in [0.05, 0.1) is 26.4 Å². The van der Waals surface area contributed by atoms with Gasteiger partial charge >= 0.3 is 39.5 Å². The molecule has 0 aromatic carbocycles. The Morgan fingerprint density at radius 2 is 0.491 bits per heavy atom. The van der Waals surface area contributed by atoms with Crippen LogP contribution in [0.25, 0.3) is 0 Å². The zero-order valence-electron chi connectivity index (χ0n) is 67.5. The van der Waals surface area contributed by atoms with E-state index in [0.717, 1.165) is 193 Å². The average Bonchev–Trinajstić information content (AvgIpc) is 0.905. The van der Waals surface area contributed by atoms with E-state index in [1.165, 1.54) is 44.9 Å². The quantitative estimate of drug-likeness (QED) is 0.0169. The second-order valence-electron chi connectivity index (χ2n) is 27.3. The molecule has 19 heteroatoms. The third kappa shape index (κ3) is 78.8. The molecule has 0 saturated heterocycles. The van der Waals surface area contributed by atoms with Crippen LogP contribution in [0, 0.1) is 0 Å². The average molecular weight is 1550 g/mol. The van der Waals surface area contributed by atoms with Crippen LogP contribution in [-0.4, -0.2) is 96.7 Å². The lowest BCUT2D eigenvalue weighted by atomic mass is 10.1. The van der Waals surface area contributed by atoms with Gasteiger partial charge in [0.15, 0.2) is 12.2 Å². The Kier molecular flexibility index (Phi) is 75.8. The topological polar surface area (TPSA) is 237 Å². The van der Waals surface area contributed by atoms with E-state index in [-0.39, 0.29) is 25.7 Å². The summed E-state index contributed by atoms with van der Waals surface area (Å²) >= 11 is 0. The first-order chi connectivity index (χ1) is 52.7.